The van der Waals surface area contributed by atoms with Crippen LogP contribution in [0.5, 0.6) is 0 Å². The third-order valence-electron chi connectivity index (χ3n) is 4.72. The lowest BCUT2D eigenvalue weighted by molar-refractivity contribution is -0.141. The van der Waals surface area contributed by atoms with Crippen LogP contribution in [-0.2, 0) is 9.53 Å². The molecule has 2 aromatic rings. The highest BCUT2D eigenvalue weighted by Gasteiger charge is 2.51. The number of ether oxygens (including phenoxy) is 1. The number of H-pyrrole nitrogens is 1. The van der Waals surface area contributed by atoms with E-state index in [1.165, 1.54) is 12.1 Å². The van der Waals surface area contributed by atoms with Gasteiger partial charge in [-0.2, -0.15) is 23.5 Å². The van der Waals surface area contributed by atoms with Crippen LogP contribution in [0.2, 0.25) is 0 Å². The number of carbonyl (C=O) groups excluding carboxylic acids is 1. The van der Waals surface area contributed by atoms with Gasteiger partial charge in [-0.3, -0.25) is 9.89 Å². The Morgan fingerprint density at radius 2 is 2.07 bits per heavy atom. The van der Waals surface area contributed by atoms with Crippen molar-refractivity contribution in [1.82, 2.24) is 10.2 Å². The second-order valence-corrected chi connectivity index (χ2v) is 6.28. The van der Waals surface area contributed by atoms with Crippen molar-refractivity contribution in [3.05, 3.63) is 40.5 Å². The van der Waals surface area contributed by atoms with Gasteiger partial charge in [0.1, 0.15) is 18.3 Å². The number of aliphatic imine (C=N–C) groups is 1. The quantitative estimate of drug-likeness (QED) is 0.610. The fourth-order valence-corrected chi connectivity index (χ4v) is 3.50. The second kappa shape index (κ2) is 5.64. The molecule has 0 radical (unpaired) electrons. The molecule has 6 nitrogen and oxygen atoms in total. The summed E-state index contributed by atoms with van der Waals surface area (Å²) in [5.41, 5.74) is -1.76. The van der Waals surface area contributed by atoms with E-state index in [-0.39, 0.29) is 16.8 Å². The molecule has 138 valence electrons. The Labute approximate surface area is 149 Å². The monoisotopic (exact) mass is 378 g/mol. The molecule has 1 aromatic heterocycles. The van der Waals surface area contributed by atoms with Crippen molar-refractivity contribution in [2.75, 3.05) is 6.61 Å². The Kier molecular flexibility index (Phi) is 3.59. The molecule has 2 unspecified atom stereocenters. The highest BCUT2D eigenvalue weighted by atomic mass is 19.4. The highest BCUT2D eigenvalue weighted by Crippen LogP contribution is 2.46. The maximum Gasteiger partial charge on any atom is 0.434 e. The van der Waals surface area contributed by atoms with E-state index in [0.29, 0.717) is 11.1 Å². The van der Waals surface area contributed by atoms with E-state index >= 15 is 0 Å². The number of allylic oxidation sites excluding steroid dienone is 2. The Morgan fingerprint density at radius 1 is 1.33 bits per heavy atom. The van der Waals surface area contributed by atoms with Gasteiger partial charge in [0.25, 0.3) is 0 Å². The van der Waals surface area contributed by atoms with Crippen molar-refractivity contribution in [2.45, 2.75) is 19.0 Å². The zero-order chi connectivity index (χ0) is 19.5. The summed E-state index contributed by atoms with van der Waals surface area (Å²) in [4.78, 5) is 15.6. The van der Waals surface area contributed by atoms with Crippen LogP contribution in [0.3, 0.4) is 0 Å². The number of halogens is 4. The van der Waals surface area contributed by atoms with E-state index in [1.807, 2.05) is 0 Å². The number of rotatable bonds is 1. The van der Waals surface area contributed by atoms with Gasteiger partial charge in [0.15, 0.2) is 5.70 Å². The first-order valence-corrected chi connectivity index (χ1v) is 7.82. The standard InChI is InChI=1S/C17H10F4N4O2/c1-6-7-2-8(10(18)3-11(7)25-24-6)13-9(4-22)15(17(19,20)21)23-12-5-27-16(26)14(12)13/h2-3,13-14H,5H2,1H3,(H,24,25). The number of hydrogen-bond donors (Lipinski definition) is 1. The van der Waals surface area contributed by atoms with E-state index < -0.39 is 47.7 Å². The zero-order valence-electron chi connectivity index (χ0n) is 13.7. The number of fused-ring (bicyclic) bond motifs is 2. The molecular weight excluding hydrogens is 368 g/mol. The number of benzene rings is 1. The van der Waals surface area contributed by atoms with E-state index in [1.54, 1.807) is 6.92 Å². The van der Waals surface area contributed by atoms with Crippen LogP contribution in [0.1, 0.15) is 17.2 Å². The third kappa shape index (κ3) is 2.50. The molecule has 4 rings (SSSR count). The fraction of sp³-hybridized carbons (Fsp3) is 0.294. The van der Waals surface area contributed by atoms with Crippen molar-refractivity contribution in [2.24, 2.45) is 10.9 Å². The SMILES string of the molecule is Cc1[nH]nc2cc(F)c(C3C(C#N)=C(C(F)(F)F)N=C4COC(=O)C43)cc12. The molecule has 0 amide bonds. The number of alkyl halides is 3. The lowest BCUT2D eigenvalue weighted by Gasteiger charge is -2.27. The molecule has 0 spiro atoms. The van der Waals surface area contributed by atoms with Crippen LogP contribution in [0.4, 0.5) is 17.6 Å². The zero-order valence-corrected chi connectivity index (χ0v) is 13.7. The molecule has 10 heteroatoms. The maximum atomic E-state index is 14.8. The third-order valence-corrected chi connectivity index (χ3v) is 4.72. The number of aromatic nitrogens is 2. The first-order chi connectivity index (χ1) is 12.7. The normalized spacial score (nSPS) is 22.5. The van der Waals surface area contributed by atoms with Gasteiger partial charge < -0.3 is 4.74 Å². The summed E-state index contributed by atoms with van der Waals surface area (Å²) >= 11 is 0. The first kappa shape index (κ1) is 17.2. The van der Waals surface area contributed by atoms with Crippen molar-refractivity contribution in [3.63, 3.8) is 0 Å². The molecule has 1 fully saturated rings. The molecule has 0 saturated carbocycles. The van der Waals surface area contributed by atoms with Gasteiger partial charge in [0, 0.05) is 23.1 Å². The van der Waals surface area contributed by atoms with E-state index in [4.69, 9.17) is 4.74 Å². The van der Waals surface area contributed by atoms with Gasteiger partial charge in [0.2, 0.25) is 0 Å². The van der Waals surface area contributed by atoms with Crippen LogP contribution < -0.4 is 0 Å². The van der Waals surface area contributed by atoms with Gasteiger partial charge in [-0.15, -0.1) is 0 Å². The first-order valence-electron chi connectivity index (χ1n) is 7.82. The lowest BCUT2D eigenvalue weighted by Crippen LogP contribution is -2.32. The van der Waals surface area contributed by atoms with Gasteiger partial charge in [-0.05, 0) is 18.6 Å². The number of nitrogens with zero attached hydrogens (tertiary/aromatic N) is 3. The van der Waals surface area contributed by atoms with E-state index in [2.05, 4.69) is 15.2 Å². The van der Waals surface area contributed by atoms with Crippen molar-refractivity contribution < 1.29 is 27.1 Å². The van der Waals surface area contributed by atoms with Crippen molar-refractivity contribution in [1.29, 1.82) is 5.26 Å². The fourth-order valence-electron chi connectivity index (χ4n) is 3.50. The highest BCUT2D eigenvalue weighted by molar-refractivity contribution is 6.10. The van der Waals surface area contributed by atoms with Gasteiger partial charge in [-0.1, -0.05) is 0 Å². The number of esters is 1. The Balaban J connectivity index is 2.01. The largest absolute Gasteiger partial charge is 0.459 e. The molecule has 3 heterocycles. The number of carbonyl (C=O) groups is 1. The Hall–Kier alpha value is -3.22. The van der Waals surface area contributed by atoms with Crippen LogP contribution in [0, 0.1) is 30.0 Å². The molecule has 2 aliphatic rings. The number of nitriles is 1. The van der Waals surface area contributed by atoms with Crippen LogP contribution >= 0.6 is 0 Å². The van der Waals surface area contributed by atoms with Crippen LogP contribution in [0.25, 0.3) is 10.9 Å². The molecule has 2 aliphatic heterocycles. The maximum absolute atomic E-state index is 14.8. The van der Waals surface area contributed by atoms with Gasteiger partial charge >= 0.3 is 12.1 Å². The predicted octanol–water partition coefficient (Wildman–Crippen LogP) is 3.06. The van der Waals surface area contributed by atoms with E-state index in [0.717, 1.165) is 6.07 Å². The second-order valence-electron chi connectivity index (χ2n) is 6.28. The summed E-state index contributed by atoms with van der Waals surface area (Å²) in [5, 5.41) is 16.5. The van der Waals surface area contributed by atoms with E-state index in [9.17, 15) is 27.6 Å². The number of aryl methyl sites for hydroxylation is 1. The Morgan fingerprint density at radius 3 is 2.74 bits per heavy atom. The summed E-state index contributed by atoms with van der Waals surface area (Å²) < 4.78 is 59.9. The average Bonchev–Trinajstić information content (AvgIpc) is 3.15. The molecule has 1 aromatic carbocycles. The summed E-state index contributed by atoms with van der Waals surface area (Å²) in [5.74, 6) is -4.46. The number of hydrogen-bond acceptors (Lipinski definition) is 5. The molecule has 0 bridgehead atoms. The van der Waals surface area contributed by atoms with Gasteiger partial charge in [0.05, 0.1) is 22.9 Å². The smallest absolute Gasteiger partial charge is 0.434 e. The summed E-state index contributed by atoms with van der Waals surface area (Å²) in [7, 11) is 0. The molecule has 0 aliphatic carbocycles. The minimum atomic E-state index is -4.93. The molecule has 27 heavy (non-hydrogen) atoms. The Bertz CT molecular complexity index is 1090. The molecule has 2 atom stereocenters. The average molecular weight is 378 g/mol. The van der Waals surface area contributed by atoms with Gasteiger partial charge in [-0.25, -0.2) is 9.38 Å². The number of aromatic amines is 1. The van der Waals surface area contributed by atoms with Crippen LogP contribution in [0.15, 0.2) is 28.4 Å². The molecule has 1 N–H and O–H groups in total. The summed E-state index contributed by atoms with van der Waals surface area (Å²) in [6.07, 6.45) is -4.93. The summed E-state index contributed by atoms with van der Waals surface area (Å²) in [6, 6.07) is 3.85. The molecule has 1 saturated heterocycles. The number of nitrogens with one attached hydrogen (secondary N) is 1. The minimum Gasteiger partial charge on any atom is -0.459 e. The summed E-state index contributed by atoms with van der Waals surface area (Å²) in [6.45, 7) is 1.24. The number of cyclic esters (lactones) is 1. The lowest BCUT2D eigenvalue weighted by atomic mass is 9.76. The predicted molar refractivity (Wildman–Crippen MR) is 84.1 cm³/mol. The topological polar surface area (TPSA) is 91.1 Å². The van der Waals surface area contributed by atoms with Crippen LogP contribution in [-0.4, -0.2) is 34.7 Å². The van der Waals surface area contributed by atoms with Crippen molar-refractivity contribution in [3.8, 4) is 6.07 Å². The van der Waals surface area contributed by atoms with Crippen molar-refractivity contribution >= 4 is 22.6 Å². The molecular formula is C17H10F4N4O2. The minimum absolute atomic E-state index is 0.167.